The molecule has 0 atom stereocenters. The number of piperidine rings is 1. The van der Waals surface area contributed by atoms with Crippen molar-refractivity contribution in [2.75, 3.05) is 25.0 Å². The first kappa shape index (κ1) is 28.4. The van der Waals surface area contributed by atoms with Crippen LogP contribution in [-0.4, -0.2) is 61.1 Å². The molecule has 1 N–H and O–H groups in total. The van der Waals surface area contributed by atoms with Gasteiger partial charge in [-0.05, 0) is 56.0 Å². The van der Waals surface area contributed by atoms with Crippen LogP contribution in [0.25, 0.3) is 28.0 Å². The van der Waals surface area contributed by atoms with E-state index >= 15 is 4.39 Å². The number of hydrogen-bond donors (Lipinski definition) is 1. The molecule has 9 nitrogen and oxygen atoms in total. The number of pyridine rings is 2. The van der Waals surface area contributed by atoms with Gasteiger partial charge < -0.3 is 14.9 Å². The Balaban J connectivity index is 1.57. The van der Waals surface area contributed by atoms with Crippen LogP contribution in [0.15, 0.2) is 53.5 Å². The second kappa shape index (κ2) is 10.6. The smallest absolute Gasteiger partial charge is 0.355 e. The van der Waals surface area contributed by atoms with Crippen LogP contribution < -0.4 is 10.6 Å². The van der Waals surface area contributed by atoms with Crippen molar-refractivity contribution < 1.29 is 18.7 Å². The molecule has 0 radical (unpaired) electrons. The summed E-state index contributed by atoms with van der Waals surface area (Å²) in [4.78, 5) is 43.6. The lowest BCUT2D eigenvalue weighted by Gasteiger charge is -2.43. The molecule has 0 saturated carbocycles. The van der Waals surface area contributed by atoms with Gasteiger partial charge in [-0.1, -0.05) is 26.0 Å². The first-order valence-corrected chi connectivity index (χ1v) is 14.3. The molecule has 2 aliphatic heterocycles. The highest BCUT2D eigenvalue weighted by Crippen LogP contribution is 2.42. The van der Waals surface area contributed by atoms with E-state index in [9.17, 15) is 19.1 Å². The molecule has 5 heterocycles. The van der Waals surface area contributed by atoms with Gasteiger partial charge in [-0.2, -0.15) is 4.98 Å². The highest BCUT2D eigenvalue weighted by molar-refractivity contribution is 5.96. The molecule has 1 spiro atoms. The lowest BCUT2D eigenvalue weighted by Crippen LogP contribution is -2.52. The van der Waals surface area contributed by atoms with Crippen molar-refractivity contribution in [3.8, 4) is 22.7 Å². The van der Waals surface area contributed by atoms with Gasteiger partial charge in [-0.25, -0.2) is 23.1 Å². The number of phenols is 1. The highest BCUT2D eigenvalue weighted by Gasteiger charge is 2.47. The van der Waals surface area contributed by atoms with Gasteiger partial charge in [0, 0.05) is 38.3 Å². The summed E-state index contributed by atoms with van der Waals surface area (Å²) >= 11 is 0. The van der Waals surface area contributed by atoms with E-state index in [-0.39, 0.29) is 28.3 Å². The van der Waals surface area contributed by atoms with E-state index in [1.165, 1.54) is 22.8 Å². The maximum absolute atomic E-state index is 15.9. The summed E-state index contributed by atoms with van der Waals surface area (Å²) in [6, 6.07) is 6.64. The number of aromatic hydroxyl groups is 1. The van der Waals surface area contributed by atoms with Gasteiger partial charge >= 0.3 is 5.69 Å². The van der Waals surface area contributed by atoms with E-state index in [0.717, 1.165) is 18.1 Å². The first-order chi connectivity index (χ1) is 20.6. The Kier molecular flexibility index (Phi) is 6.98. The monoisotopic (exact) mass is 586 g/mol. The van der Waals surface area contributed by atoms with E-state index in [1.807, 2.05) is 18.7 Å². The summed E-state index contributed by atoms with van der Waals surface area (Å²) in [5.41, 5.74) is 0.707. The van der Waals surface area contributed by atoms with E-state index < -0.39 is 34.3 Å². The molecule has 1 aromatic carbocycles. The number of carbonyl (C=O) groups is 1. The number of amides is 1. The molecule has 0 unspecified atom stereocenters. The zero-order valence-corrected chi connectivity index (χ0v) is 24.3. The van der Waals surface area contributed by atoms with Crippen LogP contribution in [0.1, 0.15) is 43.9 Å². The van der Waals surface area contributed by atoms with Crippen molar-refractivity contribution in [3.63, 3.8) is 0 Å². The second-order valence-corrected chi connectivity index (χ2v) is 11.4. The molecule has 2 fully saturated rings. The average molecular weight is 587 g/mol. The summed E-state index contributed by atoms with van der Waals surface area (Å²) in [7, 11) is 1.79. The third-order valence-electron chi connectivity index (χ3n) is 8.80. The standard InChI is InChI=1S/C32H32F2N6O3/c1-5-7-23-27(18(2)10-13-35-23)40-29-20(16-22(34)26(36-29)25-21(33)8-6-9-24(25)41)28(37-31(40)43)39-14-11-32(12-15-39)17-19(3)30(42)38(32)4/h6,8-10,13,16,41H,3,5,7,11-12,14-15,17H2,1-2,4H3. The number of nitrogens with zero attached hydrogens (tertiary/aromatic N) is 6. The van der Waals surface area contributed by atoms with Gasteiger partial charge in [0.05, 0.1) is 27.9 Å². The lowest BCUT2D eigenvalue weighted by molar-refractivity contribution is -0.127. The van der Waals surface area contributed by atoms with E-state index in [2.05, 4.69) is 21.5 Å². The number of likely N-dealkylation sites (N-methyl/N-ethyl adjacent to an activating group) is 1. The van der Waals surface area contributed by atoms with Crippen LogP contribution in [0.4, 0.5) is 14.6 Å². The fourth-order valence-corrected chi connectivity index (χ4v) is 6.49. The van der Waals surface area contributed by atoms with Gasteiger partial charge in [0.25, 0.3) is 0 Å². The number of halogens is 2. The lowest BCUT2D eigenvalue weighted by atomic mass is 9.84. The van der Waals surface area contributed by atoms with Gasteiger partial charge in [-0.3, -0.25) is 9.78 Å². The Morgan fingerprint density at radius 1 is 1.09 bits per heavy atom. The predicted molar refractivity (Wildman–Crippen MR) is 159 cm³/mol. The van der Waals surface area contributed by atoms with Gasteiger partial charge in [0.1, 0.15) is 23.1 Å². The molecule has 4 aromatic rings. The third kappa shape index (κ3) is 4.54. The number of likely N-dealkylation sites (tertiary alicyclic amines) is 1. The van der Waals surface area contributed by atoms with Crippen LogP contribution in [-0.2, 0) is 11.2 Å². The molecule has 2 saturated heterocycles. The molecule has 2 aliphatic rings. The van der Waals surface area contributed by atoms with E-state index in [4.69, 9.17) is 0 Å². The van der Waals surface area contributed by atoms with Crippen LogP contribution in [0.3, 0.4) is 0 Å². The molecule has 222 valence electrons. The topological polar surface area (TPSA) is 104 Å². The number of phenolic OH excluding ortho intramolecular Hbond substituents is 1. The molecular weight excluding hydrogens is 554 g/mol. The zero-order chi connectivity index (χ0) is 30.6. The number of aromatic nitrogens is 4. The molecule has 0 bridgehead atoms. The van der Waals surface area contributed by atoms with Crippen molar-refractivity contribution in [1.82, 2.24) is 24.4 Å². The number of rotatable bonds is 5. The SMILES string of the molecule is C=C1CC2(CCN(c3nc(=O)n(-c4c(C)ccnc4CCC)c4nc(-c5c(O)cccc5F)c(F)cc34)CC2)N(C)C1=O. The van der Waals surface area contributed by atoms with Crippen LogP contribution in [0.2, 0.25) is 0 Å². The Hall–Kier alpha value is -4.67. The molecule has 11 heteroatoms. The molecule has 3 aromatic heterocycles. The Bertz CT molecular complexity index is 1840. The van der Waals surface area contributed by atoms with Gasteiger partial charge in [0.15, 0.2) is 11.5 Å². The van der Waals surface area contributed by atoms with Crippen LogP contribution in [0, 0.1) is 18.6 Å². The highest BCUT2D eigenvalue weighted by atomic mass is 19.1. The number of aryl methyl sites for hydroxylation is 2. The minimum atomic E-state index is -0.872. The summed E-state index contributed by atoms with van der Waals surface area (Å²) in [5.74, 6) is -2.01. The minimum Gasteiger partial charge on any atom is -0.507 e. The normalized spacial score (nSPS) is 16.6. The number of anilines is 1. The largest absolute Gasteiger partial charge is 0.507 e. The van der Waals surface area contributed by atoms with E-state index in [0.29, 0.717) is 55.7 Å². The summed E-state index contributed by atoms with van der Waals surface area (Å²) in [5, 5.41) is 10.7. The van der Waals surface area contributed by atoms with Crippen molar-refractivity contribution in [1.29, 1.82) is 0 Å². The Morgan fingerprint density at radius 3 is 2.49 bits per heavy atom. The fourth-order valence-electron chi connectivity index (χ4n) is 6.49. The Labute approximate surface area is 247 Å². The summed E-state index contributed by atoms with van der Waals surface area (Å²) in [6.45, 7) is 8.68. The van der Waals surface area contributed by atoms with Crippen molar-refractivity contribution in [2.24, 2.45) is 0 Å². The molecule has 6 rings (SSSR count). The van der Waals surface area contributed by atoms with Gasteiger partial charge in [-0.15, -0.1) is 0 Å². The van der Waals surface area contributed by atoms with Crippen LogP contribution >= 0.6 is 0 Å². The first-order valence-electron chi connectivity index (χ1n) is 14.3. The maximum Gasteiger partial charge on any atom is 0.355 e. The molecule has 43 heavy (non-hydrogen) atoms. The number of fused-ring (bicyclic) bond motifs is 1. The quantitative estimate of drug-likeness (QED) is 0.334. The number of hydrogen-bond acceptors (Lipinski definition) is 7. The van der Waals surface area contributed by atoms with Gasteiger partial charge in [0.2, 0.25) is 5.91 Å². The predicted octanol–water partition coefficient (Wildman–Crippen LogP) is 4.84. The summed E-state index contributed by atoms with van der Waals surface area (Å²) in [6.07, 6.45) is 4.79. The van der Waals surface area contributed by atoms with Crippen molar-refractivity contribution in [2.45, 2.75) is 51.5 Å². The van der Waals surface area contributed by atoms with Crippen molar-refractivity contribution in [3.05, 3.63) is 82.1 Å². The average Bonchev–Trinajstić information content (AvgIpc) is 3.17. The third-order valence-corrected chi connectivity index (χ3v) is 8.80. The molecule has 0 aliphatic carbocycles. The molecule has 1 amide bonds. The van der Waals surface area contributed by atoms with Crippen molar-refractivity contribution >= 4 is 22.8 Å². The Morgan fingerprint density at radius 2 is 1.84 bits per heavy atom. The zero-order valence-electron chi connectivity index (χ0n) is 24.3. The summed E-state index contributed by atoms with van der Waals surface area (Å²) < 4.78 is 32.1. The number of carbonyl (C=O) groups excluding carboxylic acids is 1. The molecular formula is C32H32F2N6O3. The number of benzene rings is 1. The second-order valence-electron chi connectivity index (χ2n) is 11.4. The van der Waals surface area contributed by atoms with E-state index in [1.54, 1.807) is 24.2 Å². The fraction of sp³-hybridized carbons (Fsp3) is 0.344. The van der Waals surface area contributed by atoms with Crippen LogP contribution in [0.5, 0.6) is 5.75 Å². The maximum atomic E-state index is 15.9. The minimum absolute atomic E-state index is 0.0652.